The Morgan fingerprint density at radius 2 is 2.05 bits per heavy atom. The molecule has 1 fully saturated rings. The van der Waals surface area contributed by atoms with E-state index in [9.17, 15) is 14.9 Å². The number of benzene rings is 1. The fraction of sp³-hybridized carbons (Fsp3) is 0.429. The van der Waals surface area contributed by atoms with Crippen molar-refractivity contribution in [3.63, 3.8) is 0 Å². The summed E-state index contributed by atoms with van der Waals surface area (Å²) in [6.07, 6.45) is 7.24. The van der Waals surface area contributed by atoms with Crippen LogP contribution >= 0.6 is 11.6 Å². The van der Waals surface area contributed by atoms with E-state index in [4.69, 9.17) is 16.3 Å². The first kappa shape index (κ1) is 27.3. The molecule has 0 saturated carbocycles. The van der Waals surface area contributed by atoms with E-state index in [1.807, 2.05) is 6.07 Å². The van der Waals surface area contributed by atoms with E-state index in [-0.39, 0.29) is 18.5 Å². The molecule has 2 aromatic heterocycles. The molecule has 0 aliphatic carbocycles. The number of hydrogen-bond acceptors (Lipinski definition) is 5. The molecule has 4 rings (SSSR count). The number of aromatic nitrogens is 2. The van der Waals surface area contributed by atoms with Gasteiger partial charge in [-0.3, -0.25) is 9.69 Å². The normalized spacial score (nSPS) is 13.6. The maximum Gasteiger partial charge on any atom is 0.324 e. The van der Waals surface area contributed by atoms with Gasteiger partial charge in [0.05, 0.1) is 17.2 Å². The van der Waals surface area contributed by atoms with Crippen molar-refractivity contribution in [3.05, 3.63) is 52.8 Å². The maximum absolute atomic E-state index is 13.6. The van der Waals surface area contributed by atoms with Crippen molar-refractivity contribution in [1.82, 2.24) is 19.4 Å². The molecule has 3 aromatic rings. The molecule has 1 aliphatic rings. The zero-order valence-electron chi connectivity index (χ0n) is 22.1. The van der Waals surface area contributed by atoms with Crippen LogP contribution in [0.3, 0.4) is 0 Å². The summed E-state index contributed by atoms with van der Waals surface area (Å²) >= 11 is 6.59. The van der Waals surface area contributed by atoms with Crippen LogP contribution in [0.2, 0.25) is 5.02 Å². The van der Waals surface area contributed by atoms with Gasteiger partial charge >= 0.3 is 6.03 Å². The summed E-state index contributed by atoms with van der Waals surface area (Å²) in [6, 6.07) is 9.21. The second-order valence-electron chi connectivity index (χ2n) is 9.62. The Kier molecular flexibility index (Phi) is 8.74. The van der Waals surface area contributed by atoms with Crippen molar-refractivity contribution in [2.24, 2.45) is 0 Å². The number of ether oxygens (including phenoxy) is 1. The molecule has 9 nitrogen and oxygen atoms in total. The van der Waals surface area contributed by atoms with Gasteiger partial charge in [0.1, 0.15) is 24.0 Å². The van der Waals surface area contributed by atoms with Gasteiger partial charge in [-0.05, 0) is 36.6 Å². The predicted octanol–water partition coefficient (Wildman–Crippen LogP) is 5.05. The zero-order chi connectivity index (χ0) is 27.2. The van der Waals surface area contributed by atoms with Gasteiger partial charge in [-0.25, -0.2) is 9.78 Å². The molecule has 3 amide bonds. The van der Waals surface area contributed by atoms with Gasteiger partial charge in [0.2, 0.25) is 5.91 Å². The number of nitrogens with zero attached hydrogens (tertiary/aromatic N) is 6. The molecule has 3 heterocycles. The van der Waals surface area contributed by atoms with Gasteiger partial charge in [-0.2, -0.15) is 5.26 Å². The monoisotopic (exact) mass is 536 g/mol. The summed E-state index contributed by atoms with van der Waals surface area (Å²) in [5.74, 6) is 0.436. The van der Waals surface area contributed by atoms with Gasteiger partial charge in [-0.1, -0.05) is 31.4 Å². The molecule has 0 unspecified atom stereocenters. The highest BCUT2D eigenvalue weighted by Gasteiger charge is 2.28. The number of anilines is 1. The van der Waals surface area contributed by atoms with E-state index >= 15 is 0 Å². The highest BCUT2D eigenvalue weighted by Crippen LogP contribution is 2.31. The number of carbonyl (C=O) groups is 2. The van der Waals surface area contributed by atoms with Crippen LogP contribution in [-0.2, 0) is 17.9 Å². The molecule has 1 aromatic carbocycles. The van der Waals surface area contributed by atoms with Crippen LogP contribution in [0.1, 0.15) is 43.7 Å². The van der Waals surface area contributed by atoms with E-state index in [0.29, 0.717) is 53.9 Å². The molecule has 0 bridgehead atoms. The lowest BCUT2D eigenvalue weighted by molar-refractivity contribution is -0.129. The molecule has 1 aliphatic heterocycles. The number of carbonyl (C=O) groups excluding carboxylic acids is 2. The number of hydrogen-bond donors (Lipinski definition) is 0. The van der Waals surface area contributed by atoms with Crippen molar-refractivity contribution in [1.29, 1.82) is 5.26 Å². The van der Waals surface area contributed by atoms with Crippen molar-refractivity contribution >= 4 is 40.3 Å². The zero-order valence-corrected chi connectivity index (χ0v) is 22.9. The Bertz CT molecular complexity index is 1360. The molecule has 0 N–H and O–H groups in total. The molecule has 10 heteroatoms. The highest BCUT2D eigenvalue weighted by molar-refractivity contribution is 6.35. The first-order chi connectivity index (χ1) is 18.3. The first-order valence-corrected chi connectivity index (χ1v) is 13.3. The molecular formula is C28H33ClN6O3. The number of likely N-dealkylation sites (N-methyl/N-ethyl adjacent to an activating group) is 1. The largest absolute Gasteiger partial charge is 0.492 e. The minimum absolute atomic E-state index is 0.0660. The number of nitriles is 1. The van der Waals surface area contributed by atoms with Crippen molar-refractivity contribution in [3.8, 4) is 11.8 Å². The molecule has 0 radical (unpaired) electrons. The predicted molar refractivity (Wildman–Crippen MR) is 147 cm³/mol. The quantitative estimate of drug-likeness (QED) is 0.338. The lowest BCUT2D eigenvalue weighted by Crippen LogP contribution is -2.49. The maximum atomic E-state index is 13.6. The number of amides is 3. The van der Waals surface area contributed by atoms with Crippen LogP contribution in [-0.4, -0.2) is 65.1 Å². The third-order valence-electron chi connectivity index (χ3n) is 6.68. The molecule has 0 spiro atoms. The lowest BCUT2D eigenvalue weighted by Gasteiger charge is -2.36. The number of halogens is 1. The molecule has 200 valence electrons. The standard InChI is InChI=1S/C28H33ClN6O3/c1-4-5-6-14-38-24-15-22(9-8-20(24)16-30)35-13-7-12-33(28(35)37)17-21-10-11-31-27-26(21)23(29)18-34(27)19-25(36)32(2)3/h8-11,15,18H,4-7,12-14,17,19H2,1-3H3. The third kappa shape index (κ3) is 5.86. The average molecular weight is 537 g/mol. The topological polar surface area (TPSA) is 94.7 Å². The van der Waals surface area contributed by atoms with Gasteiger partial charge in [0.25, 0.3) is 0 Å². The second kappa shape index (κ2) is 12.2. The fourth-order valence-electron chi connectivity index (χ4n) is 4.57. The van der Waals surface area contributed by atoms with Gasteiger partial charge < -0.3 is 19.1 Å². The Labute approximate surface area is 228 Å². The van der Waals surface area contributed by atoms with E-state index in [1.165, 1.54) is 4.90 Å². The molecule has 38 heavy (non-hydrogen) atoms. The Morgan fingerprint density at radius 3 is 2.79 bits per heavy atom. The van der Waals surface area contributed by atoms with E-state index < -0.39 is 0 Å². The number of fused-ring (bicyclic) bond motifs is 1. The SMILES string of the molecule is CCCCCOc1cc(N2CCCN(Cc3ccnc4c3c(Cl)cn4CC(=O)N(C)C)C2=O)ccc1C#N. The smallest absolute Gasteiger partial charge is 0.324 e. The van der Waals surface area contributed by atoms with Crippen molar-refractivity contribution < 1.29 is 14.3 Å². The lowest BCUT2D eigenvalue weighted by atomic mass is 10.1. The minimum atomic E-state index is -0.124. The third-order valence-corrected chi connectivity index (χ3v) is 6.96. The van der Waals surface area contributed by atoms with Crippen LogP contribution < -0.4 is 9.64 Å². The summed E-state index contributed by atoms with van der Waals surface area (Å²) in [5.41, 5.74) is 2.64. The first-order valence-electron chi connectivity index (χ1n) is 12.9. The van der Waals surface area contributed by atoms with E-state index in [1.54, 1.807) is 59.1 Å². The average Bonchev–Trinajstić information content (AvgIpc) is 3.23. The number of urea groups is 1. The van der Waals surface area contributed by atoms with Crippen LogP contribution in [0.5, 0.6) is 5.75 Å². The Morgan fingerprint density at radius 1 is 1.24 bits per heavy atom. The van der Waals surface area contributed by atoms with Gasteiger partial charge in [0, 0.05) is 63.3 Å². The van der Waals surface area contributed by atoms with Crippen LogP contribution in [0, 0.1) is 11.3 Å². The van der Waals surface area contributed by atoms with Crippen LogP contribution in [0.15, 0.2) is 36.7 Å². The van der Waals surface area contributed by atoms with Crippen molar-refractivity contribution in [2.45, 2.75) is 45.7 Å². The summed E-state index contributed by atoms with van der Waals surface area (Å²) < 4.78 is 7.64. The van der Waals surface area contributed by atoms with E-state index in [2.05, 4.69) is 18.0 Å². The van der Waals surface area contributed by atoms with Gasteiger partial charge in [-0.15, -0.1) is 0 Å². The molecular weight excluding hydrogens is 504 g/mol. The number of pyridine rings is 1. The second-order valence-corrected chi connectivity index (χ2v) is 10.0. The number of unbranched alkanes of at least 4 members (excludes halogenated alkanes) is 2. The highest BCUT2D eigenvalue weighted by atomic mass is 35.5. The number of rotatable bonds is 10. The van der Waals surface area contributed by atoms with Crippen molar-refractivity contribution in [2.75, 3.05) is 38.7 Å². The Hall–Kier alpha value is -3.77. The summed E-state index contributed by atoms with van der Waals surface area (Å²) in [6.45, 7) is 4.33. The van der Waals surface area contributed by atoms with Crippen LogP contribution in [0.4, 0.5) is 10.5 Å². The summed E-state index contributed by atoms with van der Waals surface area (Å²) in [4.78, 5) is 35.4. The fourth-order valence-corrected chi connectivity index (χ4v) is 4.89. The minimum Gasteiger partial charge on any atom is -0.492 e. The summed E-state index contributed by atoms with van der Waals surface area (Å²) in [7, 11) is 3.41. The van der Waals surface area contributed by atoms with E-state index in [0.717, 1.165) is 36.6 Å². The Balaban J connectivity index is 1.55. The molecule has 1 saturated heterocycles. The summed E-state index contributed by atoms with van der Waals surface area (Å²) in [5, 5.41) is 10.7. The van der Waals surface area contributed by atoms with Gasteiger partial charge in [0.15, 0.2) is 0 Å². The molecule has 0 atom stereocenters. The van der Waals surface area contributed by atoms with Crippen LogP contribution in [0.25, 0.3) is 11.0 Å².